The van der Waals surface area contributed by atoms with Crippen LogP contribution in [0.1, 0.15) is 59.2 Å². The highest BCUT2D eigenvalue weighted by atomic mass is 16.5. The predicted octanol–water partition coefficient (Wildman–Crippen LogP) is 4.26. The van der Waals surface area contributed by atoms with Gasteiger partial charge in [0.15, 0.2) is 5.78 Å². The zero-order chi connectivity index (χ0) is 23.2. The number of ether oxygens (including phenoxy) is 2. The topological polar surface area (TPSA) is 122 Å². The molecule has 1 heterocycles. The molecule has 0 saturated heterocycles. The maximum atomic E-state index is 13.1. The number of carbonyl (C=O) groups excluding carboxylic acids is 1. The molecule has 3 N–H and O–H groups in total. The smallest absolute Gasteiger partial charge is 0.303 e. The minimum atomic E-state index is -0.942. The Labute approximate surface area is 191 Å². The SMILES string of the molecule is O=C(O)CCc1cc(C(=O)c2ccc(OC3CCCC3)cc2O)ccc1OCc1cn[nH]c1. The molecule has 1 saturated carbocycles. The lowest BCUT2D eigenvalue weighted by Gasteiger charge is -2.15. The summed E-state index contributed by atoms with van der Waals surface area (Å²) in [5.74, 6) is -0.414. The van der Waals surface area contributed by atoms with Crippen molar-refractivity contribution in [3.05, 3.63) is 71.0 Å². The van der Waals surface area contributed by atoms with Crippen LogP contribution in [0, 0.1) is 0 Å². The second-order valence-corrected chi connectivity index (χ2v) is 8.14. The van der Waals surface area contributed by atoms with Crippen LogP contribution in [0.5, 0.6) is 17.2 Å². The molecule has 2 aromatic carbocycles. The van der Waals surface area contributed by atoms with E-state index in [0.29, 0.717) is 22.6 Å². The molecule has 3 aromatic rings. The number of hydrogen-bond donors (Lipinski definition) is 3. The number of phenolic OH excluding ortho intramolecular Hbond substituents is 1. The van der Waals surface area contributed by atoms with E-state index in [2.05, 4.69) is 10.2 Å². The van der Waals surface area contributed by atoms with E-state index in [1.165, 1.54) is 6.07 Å². The van der Waals surface area contributed by atoms with Crippen molar-refractivity contribution in [1.82, 2.24) is 10.2 Å². The third-order valence-electron chi connectivity index (χ3n) is 5.70. The van der Waals surface area contributed by atoms with Crippen LogP contribution in [0.15, 0.2) is 48.8 Å². The van der Waals surface area contributed by atoms with Gasteiger partial charge in [-0.25, -0.2) is 0 Å². The number of aromatic nitrogens is 2. The molecule has 33 heavy (non-hydrogen) atoms. The van der Waals surface area contributed by atoms with E-state index in [1.54, 1.807) is 42.7 Å². The summed E-state index contributed by atoms with van der Waals surface area (Å²) in [5, 5.41) is 26.2. The van der Waals surface area contributed by atoms with E-state index < -0.39 is 5.97 Å². The molecule has 0 unspecified atom stereocenters. The van der Waals surface area contributed by atoms with Crippen LogP contribution in [0.4, 0.5) is 0 Å². The molecular weight excluding hydrogens is 424 g/mol. The van der Waals surface area contributed by atoms with Crippen LogP contribution in [-0.2, 0) is 17.8 Å². The average Bonchev–Trinajstić information content (AvgIpc) is 3.50. The van der Waals surface area contributed by atoms with Gasteiger partial charge in [-0.05, 0) is 68.0 Å². The van der Waals surface area contributed by atoms with Crippen LogP contribution in [-0.4, -0.2) is 38.3 Å². The quantitative estimate of drug-likeness (QED) is 0.395. The fourth-order valence-electron chi connectivity index (χ4n) is 3.95. The van der Waals surface area contributed by atoms with Gasteiger partial charge in [-0.15, -0.1) is 0 Å². The normalized spacial score (nSPS) is 13.7. The minimum Gasteiger partial charge on any atom is -0.507 e. The fraction of sp³-hybridized carbons (Fsp3) is 0.320. The van der Waals surface area contributed by atoms with Crippen molar-refractivity contribution in [3.8, 4) is 17.2 Å². The molecule has 0 amide bonds. The molecule has 8 heteroatoms. The monoisotopic (exact) mass is 450 g/mol. The second-order valence-electron chi connectivity index (χ2n) is 8.14. The van der Waals surface area contributed by atoms with Crippen LogP contribution in [0.2, 0.25) is 0 Å². The summed E-state index contributed by atoms with van der Waals surface area (Å²) in [4.78, 5) is 24.2. The average molecular weight is 450 g/mol. The number of nitrogens with zero attached hydrogens (tertiary/aromatic N) is 1. The molecule has 1 fully saturated rings. The Balaban J connectivity index is 1.53. The van der Waals surface area contributed by atoms with E-state index in [4.69, 9.17) is 14.6 Å². The Morgan fingerprint density at radius 2 is 1.94 bits per heavy atom. The number of carboxylic acids is 1. The van der Waals surface area contributed by atoms with Gasteiger partial charge in [-0.2, -0.15) is 5.10 Å². The molecule has 0 atom stereocenters. The molecule has 0 spiro atoms. The second kappa shape index (κ2) is 10.2. The van der Waals surface area contributed by atoms with Gasteiger partial charge in [0, 0.05) is 29.8 Å². The Bertz CT molecular complexity index is 1120. The van der Waals surface area contributed by atoms with Crippen molar-refractivity contribution in [1.29, 1.82) is 0 Å². The summed E-state index contributed by atoms with van der Waals surface area (Å²) in [6.07, 6.45) is 7.87. The van der Waals surface area contributed by atoms with Gasteiger partial charge in [0.05, 0.1) is 17.9 Å². The van der Waals surface area contributed by atoms with Crippen molar-refractivity contribution < 1.29 is 29.3 Å². The number of nitrogens with one attached hydrogen (secondary N) is 1. The first-order valence-corrected chi connectivity index (χ1v) is 11.0. The summed E-state index contributed by atoms with van der Waals surface area (Å²) in [5.41, 5.74) is 1.94. The molecule has 0 aliphatic heterocycles. The van der Waals surface area contributed by atoms with Gasteiger partial charge in [0.1, 0.15) is 23.9 Å². The zero-order valence-corrected chi connectivity index (χ0v) is 18.1. The number of benzene rings is 2. The van der Waals surface area contributed by atoms with E-state index in [0.717, 1.165) is 31.2 Å². The van der Waals surface area contributed by atoms with Crippen molar-refractivity contribution in [2.24, 2.45) is 0 Å². The third kappa shape index (κ3) is 5.71. The summed E-state index contributed by atoms with van der Waals surface area (Å²) < 4.78 is 11.7. The number of carboxylic acid groups (broad SMARTS) is 1. The Kier molecular flexibility index (Phi) is 6.92. The molecule has 8 nitrogen and oxygen atoms in total. The number of rotatable bonds is 10. The van der Waals surface area contributed by atoms with Crippen molar-refractivity contribution in [2.45, 2.75) is 51.2 Å². The highest BCUT2D eigenvalue weighted by Gasteiger charge is 2.20. The summed E-state index contributed by atoms with van der Waals surface area (Å²) in [6.45, 7) is 0.257. The highest BCUT2D eigenvalue weighted by Crippen LogP contribution is 2.31. The van der Waals surface area contributed by atoms with Crippen LogP contribution < -0.4 is 9.47 Å². The molecule has 1 aliphatic rings. The van der Waals surface area contributed by atoms with E-state index in [-0.39, 0.29) is 42.6 Å². The lowest BCUT2D eigenvalue weighted by atomic mass is 9.98. The number of ketones is 1. The number of aryl methyl sites for hydroxylation is 1. The predicted molar refractivity (Wildman–Crippen MR) is 120 cm³/mol. The summed E-state index contributed by atoms with van der Waals surface area (Å²) >= 11 is 0. The number of hydrogen-bond acceptors (Lipinski definition) is 6. The van der Waals surface area contributed by atoms with Crippen LogP contribution in [0.3, 0.4) is 0 Å². The van der Waals surface area contributed by atoms with Gasteiger partial charge in [0.25, 0.3) is 0 Å². The first-order chi connectivity index (χ1) is 16.0. The number of aromatic hydroxyl groups is 1. The maximum absolute atomic E-state index is 13.1. The molecule has 0 bridgehead atoms. The highest BCUT2D eigenvalue weighted by molar-refractivity contribution is 6.11. The Morgan fingerprint density at radius 1 is 1.12 bits per heavy atom. The van der Waals surface area contributed by atoms with Crippen molar-refractivity contribution in [3.63, 3.8) is 0 Å². The lowest BCUT2D eigenvalue weighted by Crippen LogP contribution is -2.11. The number of H-pyrrole nitrogens is 1. The number of aromatic amines is 1. The van der Waals surface area contributed by atoms with Crippen molar-refractivity contribution >= 4 is 11.8 Å². The standard InChI is InChI=1S/C25H26N2O6/c28-22-12-20(33-19-3-1-2-4-19)7-8-21(22)25(31)18-5-9-23(17(11-18)6-10-24(29)30)32-15-16-13-26-27-14-16/h5,7-9,11-14,19,28H,1-4,6,10,15H2,(H,26,27)(H,29,30). The van der Waals surface area contributed by atoms with Gasteiger partial charge in [-0.1, -0.05) is 0 Å². The fourth-order valence-corrected chi connectivity index (χ4v) is 3.95. The number of carbonyl (C=O) groups is 2. The Morgan fingerprint density at radius 3 is 2.64 bits per heavy atom. The molecular formula is C25H26N2O6. The van der Waals surface area contributed by atoms with Gasteiger partial charge < -0.3 is 19.7 Å². The molecule has 0 radical (unpaired) electrons. The molecule has 1 aromatic heterocycles. The third-order valence-corrected chi connectivity index (χ3v) is 5.70. The van der Waals surface area contributed by atoms with Crippen LogP contribution in [0.25, 0.3) is 0 Å². The number of phenols is 1. The minimum absolute atomic E-state index is 0.0990. The van der Waals surface area contributed by atoms with Crippen molar-refractivity contribution in [2.75, 3.05) is 0 Å². The van der Waals surface area contributed by atoms with E-state index in [9.17, 15) is 14.7 Å². The molecule has 1 aliphatic carbocycles. The Hall–Kier alpha value is -3.81. The molecule has 4 rings (SSSR count). The zero-order valence-electron chi connectivity index (χ0n) is 18.1. The van der Waals surface area contributed by atoms with Crippen LogP contribution >= 0.6 is 0 Å². The van der Waals surface area contributed by atoms with Gasteiger partial charge >= 0.3 is 5.97 Å². The van der Waals surface area contributed by atoms with Gasteiger partial charge in [0.2, 0.25) is 0 Å². The largest absolute Gasteiger partial charge is 0.507 e. The number of aliphatic carboxylic acids is 1. The van der Waals surface area contributed by atoms with E-state index >= 15 is 0 Å². The maximum Gasteiger partial charge on any atom is 0.303 e. The summed E-state index contributed by atoms with van der Waals surface area (Å²) in [6, 6.07) is 9.61. The lowest BCUT2D eigenvalue weighted by molar-refractivity contribution is -0.136. The first-order valence-electron chi connectivity index (χ1n) is 11.0. The first kappa shape index (κ1) is 22.4. The van der Waals surface area contributed by atoms with Gasteiger partial charge in [-0.3, -0.25) is 14.7 Å². The van der Waals surface area contributed by atoms with E-state index in [1.807, 2.05) is 0 Å². The molecule has 172 valence electrons. The summed E-state index contributed by atoms with van der Waals surface area (Å²) in [7, 11) is 0.